The van der Waals surface area contributed by atoms with Crippen LogP contribution in [0.15, 0.2) is 0 Å². The van der Waals surface area contributed by atoms with Crippen LogP contribution in [0.3, 0.4) is 0 Å². The van der Waals surface area contributed by atoms with Gasteiger partial charge in [0.05, 0.1) is 13.2 Å². The Morgan fingerprint density at radius 2 is 1.11 bits per heavy atom. The summed E-state index contributed by atoms with van der Waals surface area (Å²) in [6, 6.07) is 0. The van der Waals surface area contributed by atoms with Crippen molar-refractivity contribution in [3.05, 3.63) is 0 Å². The van der Waals surface area contributed by atoms with Crippen LogP contribution in [0.1, 0.15) is 12.8 Å². The van der Waals surface area contributed by atoms with Gasteiger partial charge in [-0.2, -0.15) is 0 Å². The van der Waals surface area contributed by atoms with E-state index in [9.17, 15) is 4.79 Å². The van der Waals surface area contributed by atoms with Crippen molar-refractivity contribution in [1.29, 1.82) is 0 Å². The Hall–Kier alpha value is -0.890. The first-order valence-corrected chi connectivity index (χ1v) is 5.58. The summed E-state index contributed by atoms with van der Waals surface area (Å²) in [7, 11) is 6.06. The van der Waals surface area contributed by atoms with Crippen LogP contribution in [0, 0.1) is 0 Å². The van der Waals surface area contributed by atoms with Gasteiger partial charge in [0.25, 0.3) is 0 Å². The molecule has 0 aromatic carbocycles. The van der Waals surface area contributed by atoms with Crippen LogP contribution >= 0.6 is 0 Å². The fourth-order valence-corrected chi connectivity index (χ4v) is 1.18. The fraction of sp³-hybridized carbons (Fsp3) is 0.909. The molecule has 0 aliphatic carbocycles. The average molecular weight is 266 g/mol. The van der Waals surface area contributed by atoms with Crippen LogP contribution in [0.4, 0.5) is 4.79 Å². The molecule has 0 atom stereocenters. The van der Waals surface area contributed by atoms with E-state index in [1.54, 1.807) is 0 Å². The SMILES string of the molecule is COC(CCOC(=O)OCCC(OC)OC)OC. The Morgan fingerprint density at radius 3 is 1.39 bits per heavy atom. The lowest BCUT2D eigenvalue weighted by molar-refractivity contribution is -0.118. The summed E-state index contributed by atoms with van der Waals surface area (Å²) in [5, 5.41) is 0. The lowest BCUT2D eigenvalue weighted by Gasteiger charge is -2.14. The van der Waals surface area contributed by atoms with Crippen LogP contribution in [-0.4, -0.2) is 60.4 Å². The van der Waals surface area contributed by atoms with Gasteiger partial charge in [0.2, 0.25) is 0 Å². The molecule has 7 nitrogen and oxygen atoms in total. The van der Waals surface area contributed by atoms with Crippen LogP contribution in [0.5, 0.6) is 0 Å². The number of hydrogen-bond acceptors (Lipinski definition) is 7. The van der Waals surface area contributed by atoms with Gasteiger partial charge in [-0.1, -0.05) is 0 Å². The molecule has 0 spiro atoms. The topological polar surface area (TPSA) is 72.5 Å². The second-order valence-electron chi connectivity index (χ2n) is 3.33. The lowest BCUT2D eigenvalue weighted by Crippen LogP contribution is -2.20. The molecule has 0 aliphatic rings. The van der Waals surface area contributed by atoms with Crippen LogP contribution in [-0.2, 0) is 28.4 Å². The van der Waals surface area contributed by atoms with Gasteiger partial charge in [0.1, 0.15) is 0 Å². The third kappa shape index (κ3) is 8.24. The smallest absolute Gasteiger partial charge is 0.434 e. The molecule has 108 valence electrons. The second kappa shape index (κ2) is 11.2. The summed E-state index contributed by atoms with van der Waals surface area (Å²) < 4.78 is 29.4. The number of ether oxygens (including phenoxy) is 6. The predicted octanol–water partition coefficient (Wildman–Crippen LogP) is 1.16. The third-order valence-corrected chi connectivity index (χ3v) is 2.20. The first kappa shape index (κ1) is 17.1. The van der Waals surface area contributed by atoms with Gasteiger partial charge < -0.3 is 28.4 Å². The molecule has 0 aromatic heterocycles. The molecule has 0 rings (SSSR count). The number of carbonyl (C=O) groups is 1. The number of rotatable bonds is 10. The molecular formula is C11H22O7. The van der Waals surface area contributed by atoms with Gasteiger partial charge >= 0.3 is 6.16 Å². The summed E-state index contributed by atoms with van der Waals surface area (Å²) in [4.78, 5) is 11.2. The van der Waals surface area contributed by atoms with Crippen molar-refractivity contribution in [2.24, 2.45) is 0 Å². The molecule has 0 heterocycles. The largest absolute Gasteiger partial charge is 0.508 e. The van der Waals surface area contributed by atoms with E-state index in [1.165, 1.54) is 28.4 Å². The predicted molar refractivity (Wildman–Crippen MR) is 62.1 cm³/mol. The van der Waals surface area contributed by atoms with Gasteiger partial charge in [0, 0.05) is 41.3 Å². The quantitative estimate of drug-likeness (QED) is 0.434. The second-order valence-corrected chi connectivity index (χ2v) is 3.33. The number of carbonyl (C=O) groups excluding carboxylic acids is 1. The minimum Gasteiger partial charge on any atom is -0.434 e. The van der Waals surface area contributed by atoms with E-state index < -0.39 is 6.16 Å². The van der Waals surface area contributed by atoms with Crippen molar-refractivity contribution in [3.8, 4) is 0 Å². The molecule has 0 amide bonds. The van der Waals surface area contributed by atoms with Crippen LogP contribution in [0.25, 0.3) is 0 Å². The van der Waals surface area contributed by atoms with E-state index in [-0.39, 0.29) is 25.8 Å². The standard InChI is InChI=1S/C11H22O7/c1-13-9(14-2)5-7-17-11(12)18-8-6-10(15-3)16-4/h9-10H,5-8H2,1-4H3. The first-order valence-electron chi connectivity index (χ1n) is 5.58. The molecule has 0 aliphatic heterocycles. The minimum absolute atomic E-state index is 0.170. The number of methoxy groups -OCH3 is 4. The minimum atomic E-state index is -0.730. The van der Waals surface area contributed by atoms with Gasteiger partial charge in [-0.15, -0.1) is 0 Å². The molecule has 0 saturated heterocycles. The van der Waals surface area contributed by atoms with E-state index in [2.05, 4.69) is 0 Å². The van der Waals surface area contributed by atoms with Crippen LogP contribution in [0.2, 0.25) is 0 Å². The Bertz CT molecular complexity index is 182. The highest BCUT2D eigenvalue weighted by Gasteiger charge is 2.10. The van der Waals surface area contributed by atoms with Crippen LogP contribution < -0.4 is 0 Å². The van der Waals surface area contributed by atoms with E-state index in [0.717, 1.165) is 0 Å². The van der Waals surface area contributed by atoms with Crippen molar-refractivity contribution < 1.29 is 33.2 Å². The molecular weight excluding hydrogens is 244 g/mol. The zero-order valence-corrected chi connectivity index (χ0v) is 11.3. The zero-order chi connectivity index (χ0) is 13.8. The van der Waals surface area contributed by atoms with Gasteiger partial charge in [-0.25, -0.2) is 4.79 Å². The third-order valence-electron chi connectivity index (χ3n) is 2.20. The molecule has 0 bridgehead atoms. The molecule has 0 N–H and O–H groups in total. The summed E-state index contributed by atoms with van der Waals surface area (Å²) >= 11 is 0. The van der Waals surface area contributed by atoms with E-state index in [4.69, 9.17) is 28.4 Å². The van der Waals surface area contributed by atoms with Gasteiger partial charge in [0.15, 0.2) is 12.6 Å². The monoisotopic (exact) mass is 266 g/mol. The highest BCUT2D eigenvalue weighted by atomic mass is 16.7. The maximum Gasteiger partial charge on any atom is 0.508 e. The Labute approximate surface area is 107 Å². The van der Waals surface area contributed by atoms with Crippen molar-refractivity contribution in [3.63, 3.8) is 0 Å². The zero-order valence-electron chi connectivity index (χ0n) is 11.3. The van der Waals surface area contributed by atoms with E-state index in [0.29, 0.717) is 12.8 Å². The maximum absolute atomic E-state index is 11.2. The molecule has 18 heavy (non-hydrogen) atoms. The Kier molecular flexibility index (Phi) is 10.7. The maximum atomic E-state index is 11.2. The van der Waals surface area contributed by atoms with Gasteiger partial charge in [-0.05, 0) is 0 Å². The first-order chi connectivity index (χ1) is 8.67. The summed E-state index contributed by atoms with van der Waals surface area (Å²) in [5.41, 5.74) is 0. The Morgan fingerprint density at radius 1 is 0.778 bits per heavy atom. The summed E-state index contributed by atoms with van der Waals surface area (Å²) in [6.45, 7) is 0.340. The molecule has 0 fully saturated rings. The van der Waals surface area contributed by atoms with Crippen molar-refractivity contribution in [2.45, 2.75) is 25.4 Å². The van der Waals surface area contributed by atoms with E-state index in [1.807, 2.05) is 0 Å². The lowest BCUT2D eigenvalue weighted by atomic mass is 10.4. The molecule has 0 unspecified atom stereocenters. The number of hydrogen-bond donors (Lipinski definition) is 0. The van der Waals surface area contributed by atoms with Gasteiger partial charge in [-0.3, -0.25) is 0 Å². The molecule has 0 aromatic rings. The van der Waals surface area contributed by atoms with Crippen molar-refractivity contribution in [2.75, 3.05) is 41.7 Å². The normalized spacial score (nSPS) is 11.0. The summed E-state index contributed by atoms with van der Waals surface area (Å²) in [5.74, 6) is 0. The van der Waals surface area contributed by atoms with Crippen molar-refractivity contribution in [1.82, 2.24) is 0 Å². The molecule has 0 radical (unpaired) electrons. The molecule has 7 heteroatoms. The fourth-order valence-electron chi connectivity index (χ4n) is 1.18. The summed E-state index contributed by atoms with van der Waals surface area (Å²) in [6.07, 6.45) is -0.609. The highest BCUT2D eigenvalue weighted by molar-refractivity contribution is 5.59. The molecule has 0 saturated carbocycles. The Balaban J connectivity index is 3.54. The van der Waals surface area contributed by atoms with Crippen molar-refractivity contribution >= 4 is 6.16 Å². The highest BCUT2D eigenvalue weighted by Crippen LogP contribution is 2.01. The average Bonchev–Trinajstić information content (AvgIpc) is 2.40. The van der Waals surface area contributed by atoms with E-state index >= 15 is 0 Å².